The number of piperazine rings is 1. The fourth-order valence-corrected chi connectivity index (χ4v) is 3.06. The van der Waals surface area contributed by atoms with Crippen molar-refractivity contribution >= 4 is 11.8 Å². The van der Waals surface area contributed by atoms with Crippen LogP contribution < -0.4 is 10.1 Å². The van der Waals surface area contributed by atoms with Crippen LogP contribution in [0.2, 0.25) is 0 Å². The topological polar surface area (TPSA) is 71.1 Å². The SMILES string of the molecule is COCCCNC(=O)CN1CCN(C(=O)CCc2ccc(OC)cc2)CC1. The van der Waals surface area contributed by atoms with Crippen LogP contribution in [0.4, 0.5) is 0 Å². The summed E-state index contributed by atoms with van der Waals surface area (Å²) in [6.45, 7) is 4.51. The van der Waals surface area contributed by atoms with E-state index in [9.17, 15) is 9.59 Å². The second-order valence-electron chi connectivity index (χ2n) is 6.70. The lowest BCUT2D eigenvalue weighted by molar-refractivity contribution is -0.133. The number of hydrogen-bond donors (Lipinski definition) is 1. The van der Waals surface area contributed by atoms with Gasteiger partial charge in [0.2, 0.25) is 11.8 Å². The molecule has 2 rings (SSSR count). The van der Waals surface area contributed by atoms with Gasteiger partial charge in [0.1, 0.15) is 5.75 Å². The maximum Gasteiger partial charge on any atom is 0.234 e. The van der Waals surface area contributed by atoms with Crippen LogP contribution in [0.1, 0.15) is 18.4 Å². The molecule has 0 saturated carbocycles. The molecule has 1 aliphatic heterocycles. The van der Waals surface area contributed by atoms with E-state index in [1.807, 2.05) is 29.2 Å². The van der Waals surface area contributed by atoms with Gasteiger partial charge in [-0.1, -0.05) is 12.1 Å². The molecule has 0 unspecified atom stereocenters. The van der Waals surface area contributed by atoms with Gasteiger partial charge in [-0.3, -0.25) is 14.5 Å². The first-order chi connectivity index (χ1) is 13.1. The molecule has 7 nitrogen and oxygen atoms in total. The molecule has 0 radical (unpaired) electrons. The molecule has 2 amide bonds. The van der Waals surface area contributed by atoms with E-state index in [0.717, 1.165) is 37.2 Å². The second kappa shape index (κ2) is 11.6. The third-order valence-electron chi connectivity index (χ3n) is 4.73. The lowest BCUT2D eigenvalue weighted by Crippen LogP contribution is -2.51. The van der Waals surface area contributed by atoms with E-state index >= 15 is 0 Å². The van der Waals surface area contributed by atoms with Crippen molar-refractivity contribution in [1.29, 1.82) is 0 Å². The maximum atomic E-state index is 12.4. The number of rotatable bonds is 10. The van der Waals surface area contributed by atoms with Crippen molar-refractivity contribution in [1.82, 2.24) is 15.1 Å². The van der Waals surface area contributed by atoms with E-state index in [2.05, 4.69) is 10.2 Å². The Morgan fingerprint density at radius 1 is 1.07 bits per heavy atom. The first-order valence-electron chi connectivity index (χ1n) is 9.51. The summed E-state index contributed by atoms with van der Waals surface area (Å²) in [5, 5.41) is 2.90. The minimum Gasteiger partial charge on any atom is -0.497 e. The van der Waals surface area contributed by atoms with Gasteiger partial charge in [0.25, 0.3) is 0 Å². The lowest BCUT2D eigenvalue weighted by Gasteiger charge is -2.34. The first-order valence-corrected chi connectivity index (χ1v) is 9.51. The third kappa shape index (κ3) is 7.56. The molecule has 1 fully saturated rings. The number of methoxy groups -OCH3 is 2. The molecule has 1 heterocycles. The summed E-state index contributed by atoms with van der Waals surface area (Å²) >= 11 is 0. The molecule has 1 aliphatic rings. The third-order valence-corrected chi connectivity index (χ3v) is 4.73. The van der Waals surface area contributed by atoms with Crippen molar-refractivity contribution in [3.63, 3.8) is 0 Å². The highest BCUT2D eigenvalue weighted by Crippen LogP contribution is 2.13. The van der Waals surface area contributed by atoms with Gasteiger partial charge in [-0.15, -0.1) is 0 Å². The Kier molecular flexibility index (Phi) is 9.07. The second-order valence-corrected chi connectivity index (χ2v) is 6.70. The normalized spacial score (nSPS) is 14.8. The summed E-state index contributed by atoms with van der Waals surface area (Å²) in [5.41, 5.74) is 1.13. The molecule has 1 aromatic rings. The van der Waals surface area contributed by atoms with Crippen molar-refractivity contribution in [2.75, 3.05) is 60.1 Å². The molecule has 1 N–H and O–H groups in total. The van der Waals surface area contributed by atoms with E-state index in [-0.39, 0.29) is 11.8 Å². The number of amides is 2. The van der Waals surface area contributed by atoms with Crippen LogP contribution in [0.25, 0.3) is 0 Å². The predicted octanol–water partition coefficient (Wildman–Crippen LogP) is 0.925. The van der Waals surface area contributed by atoms with E-state index in [0.29, 0.717) is 39.2 Å². The Balaban J connectivity index is 1.64. The molecule has 1 aromatic carbocycles. The predicted molar refractivity (Wildman–Crippen MR) is 104 cm³/mol. The quantitative estimate of drug-likeness (QED) is 0.614. The van der Waals surface area contributed by atoms with Crippen molar-refractivity contribution in [3.8, 4) is 5.75 Å². The molecule has 0 bridgehead atoms. The van der Waals surface area contributed by atoms with E-state index < -0.39 is 0 Å². The highest BCUT2D eigenvalue weighted by Gasteiger charge is 2.22. The minimum atomic E-state index is 0.0328. The fraction of sp³-hybridized carbons (Fsp3) is 0.600. The van der Waals surface area contributed by atoms with Gasteiger partial charge in [-0.2, -0.15) is 0 Å². The molecule has 0 aliphatic carbocycles. The monoisotopic (exact) mass is 377 g/mol. The Morgan fingerprint density at radius 3 is 2.41 bits per heavy atom. The van der Waals surface area contributed by atoms with Crippen LogP contribution in [0, 0.1) is 0 Å². The van der Waals surface area contributed by atoms with Crippen LogP contribution in [0.3, 0.4) is 0 Å². The van der Waals surface area contributed by atoms with E-state index in [1.54, 1.807) is 14.2 Å². The zero-order chi connectivity index (χ0) is 19.5. The molecule has 27 heavy (non-hydrogen) atoms. The molecule has 0 atom stereocenters. The van der Waals surface area contributed by atoms with E-state index in [4.69, 9.17) is 9.47 Å². The van der Waals surface area contributed by atoms with E-state index in [1.165, 1.54) is 0 Å². The number of nitrogens with zero attached hydrogens (tertiary/aromatic N) is 2. The summed E-state index contributed by atoms with van der Waals surface area (Å²) in [4.78, 5) is 28.3. The van der Waals surface area contributed by atoms with Gasteiger partial charge in [-0.25, -0.2) is 0 Å². The molecule has 0 spiro atoms. The number of nitrogens with one attached hydrogen (secondary N) is 1. The van der Waals surface area contributed by atoms with Crippen molar-refractivity contribution in [3.05, 3.63) is 29.8 Å². The van der Waals surface area contributed by atoms with Crippen molar-refractivity contribution in [2.45, 2.75) is 19.3 Å². The zero-order valence-electron chi connectivity index (χ0n) is 16.4. The smallest absolute Gasteiger partial charge is 0.234 e. The summed E-state index contributed by atoms with van der Waals surface area (Å²) in [6.07, 6.45) is 2.05. The number of ether oxygens (including phenoxy) is 2. The van der Waals surface area contributed by atoms with Crippen LogP contribution in [0.15, 0.2) is 24.3 Å². The average molecular weight is 377 g/mol. The number of carbonyl (C=O) groups excluding carboxylic acids is 2. The molecular weight excluding hydrogens is 346 g/mol. The lowest BCUT2D eigenvalue weighted by atomic mass is 10.1. The minimum absolute atomic E-state index is 0.0328. The Hall–Kier alpha value is -2.12. The number of hydrogen-bond acceptors (Lipinski definition) is 5. The largest absolute Gasteiger partial charge is 0.497 e. The maximum absolute atomic E-state index is 12.4. The first kappa shape index (κ1) is 21.2. The fourth-order valence-electron chi connectivity index (χ4n) is 3.06. The molecule has 0 aromatic heterocycles. The number of benzene rings is 1. The zero-order valence-corrected chi connectivity index (χ0v) is 16.4. The Labute approximate surface area is 161 Å². The van der Waals surface area contributed by atoms with Crippen LogP contribution in [0.5, 0.6) is 5.75 Å². The molecular formula is C20H31N3O4. The van der Waals surface area contributed by atoms with Crippen molar-refractivity contribution in [2.24, 2.45) is 0 Å². The highest BCUT2D eigenvalue weighted by atomic mass is 16.5. The summed E-state index contributed by atoms with van der Waals surface area (Å²) in [6, 6.07) is 7.82. The highest BCUT2D eigenvalue weighted by molar-refractivity contribution is 5.78. The summed E-state index contributed by atoms with van der Waals surface area (Å²) in [5.74, 6) is 1.03. The van der Waals surface area contributed by atoms with Gasteiger partial charge in [-0.05, 0) is 30.5 Å². The number of aryl methyl sites for hydroxylation is 1. The van der Waals surface area contributed by atoms with Crippen LogP contribution in [-0.2, 0) is 20.7 Å². The standard InChI is InChI=1S/C20H31N3O4/c1-26-15-3-10-21-19(24)16-22-11-13-23(14-12-22)20(25)9-6-17-4-7-18(27-2)8-5-17/h4-5,7-8H,3,6,9-16H2,1-2H3,(H,21,24). The molecule has 7 heteroatoms. The van der Waals surface area contributed by atoms with Gasteiger partial charge in [0, 0.05) is 52.9 Å². The number of carbonyl (C=O) groups is 2. The Morgan fingerprint density at radius 2 is 1.78 bits per heavy atom. The molecule has 150 valence electrons. The van der Waals surface area contributed by atoms with Crippen molar-refractivity contribution < 1.29 is 19.1 Å². The average Bonchev–Trinajstić information content (AvgIpc) is 2.70. The molecule has 1 saturated heterocycles. The van der Waals surface area contributed by atoms with Gasteiger partial charge >= 0.3 is 0 Å². The van der Waals surface area contributed by atoms with Gasteiger partial charge in [0.15, 0.2) is 0 Å². The van der Waals surface area contributed by atoms with Crippen LogP contribution >= 0.6 is 0 Å². The summed E-state index contributed by atoms with van der Waals surface area (Å²) < 4.78 is 10.1. The summed E-state index contributed by atoms with van der Waals surface area (Å²) in [7, 11) is 3.29. The van der Waals surface area contributed by atoms with Gasteiger partial charge < -0.3 is 19.7 Å². The van der Waals surface area contributed by atoms with Crippen LogP contribution in [-0.4, -0.2) is 81.7 Å². The Bertz CT molecular complexity index is 583. The van der Waals surface area contributed by atoms with Gasteiger partial charge in [0.05, 0.1) is 13.7 Å².